The summed E-state index contributed by atoms with van der Waals surface area (Å²) in [4.78, 5) is 8.88. The van der Waals surface area contributed by atoms with Crippen LogP contribution < -0.4 is 10.5 Å². The van der Waals surface area contributed by atoms with E-state index in [0.717, 1.165) is 29.8 Å². The van der Waals surface area contributed by atoms with Crippen LogP contribution in [-0.2, 0) is 6.42 Å². The zero-order chi connectivity index (χ0) is 13.7. The highest BCUT2D eigenvalue weighted by Crippen LogP contribution is 2.28. The lowest BCUT2D eigenvalue weighted by molar-refractivity contribution is 0.341. The minimum Gasteiger partial charge on any atom is -0.493 e. The molecular weight excluding hydrogens is 238 g/mol. The van der Waals surface area contributed by atoms with Crippen molar-refractivity contribution >= 4 is 5.82 Å². The maximum Gasteiger partial charge on any atom is 0.165 e. The lowest BCUT2D eigenvalue weighted by Gasteiger charge is -2.10. The molecule has 4 heteroatoms. The zero-order valence-electron chi connectivity index (χ0n) is 11.4. The first kappa shape index (κ1) is 13.3. The van der Waals surface area contributed by atoms with Crippen molar-refractivity contribution in [2.75, 3.05) is 12.3 Å². The molecule has 0 saturated carbocycles. The standard InChI is InChI=1S/C15H19N3O/c1-3-7-11-10-14(16)18-15(17-11)12-8-5-6-9-13(12)19-4-2/h5-6,8-10H,3-4,7H2,1-2H3,(H2,16,17,18). The normalized spacial score (nSPS) is 10.4. The second-order valence-electron chi connectivity index (χ2n) is 4.29. The molecule has 0 fully saturated rings. The average molecular weight is 257 g/mol. The first-order valence-electron chi connectivity index (χ1n) is 6.60. The predicted octanol–water partition coefficient (Wildman–Crippen LogP) is 3.08. The highest BCUT2D eigenvalue weighted by Gasteiger charge is 2.10. The van der Waals surface area contributed by atoms with E-state index >= 15 is 0 Å². The van der Waals surface area contributed by atoms with Crippen molar-refractivity contribution in [1.29, 1.82) is 0 Å². The first-order chi connectivity index (χ1) is 9.24. The summed E-state index contributed by atoms with van der Waals surface area (Å²) in [5.41, 5.74) is 7.71. The molecule has 1 aromatic carbocycles. The van der Waals surface area contributed by atoms with Gasteiger partial charge in [-0.2, -0.15) is 0 Å². The fourth-order valence-electron chi connectivity index (χ4n) is 1.96. The van der Waals surface area contributed by atoms with Crippen molar-refractivity contribution in [3.05, 3.63) is 36.0 Å². The Labute approximate surface area is 113 Å². The Kier molecular flexibility index (Phi) is 4.34. The Morgan fingerprint density at radius 3 is 2.68 bits per heavy atom. The van der Waals surface area contributed by atoms with Crippen molar-refractivity contribution in [1.82, 2.24) is 9.97 Å². The number of hydrogen-bond acceptors (Lipinski definition) is 4. The number of benzene rings is 1. The number of anilines is 1. The third kappa shape index (κ3) is 3.22. The number of nitrogen functional groups attached to an aromatic ring is 1. The van der Waals surface area contributed by atoms with Crippen molar-refractivity contribution in [3.8, 4) is 17.1 Å². The molecule has 2 aromatic rings. The van der Waals surface area contributed by atoms with Gasteiger partial charge in [-0.3, -0.25) is 0 Å². The second kappa shape index (κ2) is 6.18. The lowest BCUT2D eigenvalue weighted by atomic mass is 10.1. The van der Waals surface area contributed by atoms with Crippen molar-refractivity contribution < 1.29 is 4.74 Å². The summed E-state index contributed by atoms with van der Waals surface area (Å²) in [7, 11) is 0. The van der Waals surface area contributed by atoms with Crippen LogP contribution in [0.5, 0.6) is 5.75 Å². The number of rotatable bonds is 5. The van der Waals surface area contributed by atoms with Gasteiger partial charge in [0.05, 0.1) is 12.2 Å². The van der Waals surface area contributed by atoms with Crippen molar-refractivity contribution in [3.63, 3.8) is 0 Å². The molecule has 0 bridgehead atoms. The summed E-state index contributed by atoms with van der Waals surface area (Å²) < 4.78 is 5.61. The molecular formula is C15H19N3O. The second-order valence-corrected chi connectivity index (χ2v) is 4.29. The van der Waals surface area contributed by atoms with Crippen LogP contribution in [0, 0.1) is 0 Å². The number of aryl methyl sites for hydroxylation is 1. The molecule has 2 rings (SSSR count). The van der Waals surface area contributed by atoms with Crippen molar-refractivity contribution in [2.24, 2.45) is 0 Å². The van der Waals surface area contributed by atoms with E-state index < -0.39 is 0 Å². The molecule has 0 radical (unpaired) electrons. The Morgan fingerprint density at radius 2 is 1.95 bits per heavy atom. The van der Waals surface area contributed by atoms with Crippen LogP contribution in [-0.4, -0.2) is 16.6 Å². The van der Waals surface area contributed by atoms with Gasteiger partial charge >= 0.3 is 0 Å². The smallest absolute Gasteiger partial charge is 0.165 e. The Morgan fingerprint density at radius 1 is 1.16 bits per heavy atom. The molecule has 0 aliphatic rings. The fraction of sp³-hybridized carbons (Fsp3) is 0.333. The fourth-order valence-corrected chi connectivity index (χ4v) is 1.96. The summed E-state index contributed by atoms with van der Waals surface area (Å²) >= 11 is 0. The van der Waals surface area contributed by atoms with Gasteiger partial charge in [0.1, 0.15) is 11.6 Å². The molecule has 0 aliphatic heterocycles. The third-order valence-corrected chi connectivity index (χ3v) is 2.73. The lowest BCUT2D eigenvalue weighted by Crippen LogP contribution is -2.02. The van der Waals surface area contributed by atoms with Crippen LogP contribution in [0.2, 0.25) is 0 Å². The van der Waals surface area contributed by atoms with Gasteiger partial charge in [0.2, 0.25) is 0 Å². The van der Waals surface area contributed by atoms with E-state index in [2.05, 4.69) is 16.9 Å². The van der Waals surface area contributed by atoms with E-state index in [0.29, 0.717) is 18.2 Å². The number of ether oxygens (including phenoxy) is 1. The summed E-state index contributed by atoms with van der Waals surface area (Å²) in [5, 5.41) is 0. The van der Waals surface area contributed by atoms with Gasteiger partial charge in [-0.25, -0.2) is 9.97 Å². The minimum absolute atomic E-state index is 0.500. The highest BCUT2D eigenvalue weighted by molar-refractivity contribution is 5.65. The molecule has 0 saturated heterocycles. The molecule has 2 N–H and O–H groups in total. The Hall–Kier alpha value is -2.10. The Balaban J connectivity index is 2.46. The molecule has 0 aliphatic carbocycles. The Bertz CT molecular complexity index is 555. The maximum atomic E-state index is 5.86. The molecule has 100 valence electrons. The van der Waals surface area contributed by atoms with E-state index in [1.54, 1.807) is 0 Å². The van der Waals surface area contributed by atoms with Gasteiger partial charge in [0.15, 0.2) is 5.82 Å². The third-order valence-electron chi connectivity index (χ3n) is 2.73. The molecule has 4 nitrogen and oxygen atoms in total. The number of hydrogen-bond donors (Lipinski definition) is 1. The SMILES string of the molecule is CCCc1cc(N)nc(-c2ccccc2OCC)n1. The number of para-hydroxylation sites is 1. The van der Waals surface area contributed by atoms with E-state index in [1.165, 1.54) is 0 Å². The van der Waals surface area contributed by atoms with Crippen LogP contribution in [0.3, 0.4) is 0 Å². The van der Waals surface area contributed by atoms with Crippen LogP contribution in [0.4, 0.5) is 5.82 Å². The topological polar surface area (TPSA) is 61.0 Å². The quantitative estimate of drug-likeness (QED) is 0.894. The van der Waals surface area contributed by atoms with Crippen molar-refractivity contribution in [2.45, 2.75) is 26.7 Å². The van der Waals surface area contributed by atoms with Gasteiger partial charge in [-0.1, -0.05) is 25.5 Å². The van der Waals surface area contributed by atoms with Gasteiger partial charge < -0.3 is 10.5 Å². The molecule has 0 unspecified atom stereocenters. The minimum atomic E-state index is 0.500. The molecule has 0 amide bonds. The van der Waals surface area contributed by atoms with E-state index in [9.17, 15) is 0 Å². The molecule has 19 heavy (non-hydrogen) atoms. The molecule has 1 heterocycles. The molecule has 1 aromatic heterocycles. The number of aromatic nitrogens is 2. The van der Waals surface area contributed by atoms with Gasteiger partial charge in [-0.05, 0) is 25.5 Å². The van der Waals surface area contributed by atoms with E-state index in [4.69, 9.17) is 10.5 Å². The summed E-state index contributed by atoms with van der Waals surface area (Å²) in [6.45, 7) is 4.69. The maximum absolute atomic E-state index is 5.86. The van der Waals surface area contributed by atoms with Crippen LogP contribution in [0.25, 0.3) is 11.4 Å². The predicted molar refractivity (Wildman–Crippen MR) is 77.0 cm³/mol. The largest absolute Gasteiger partial charge is 0.493 e. The van der Waals surface area contributed by atoms with Gasteiger partial charge in [0, 0.05) is 11.8 Å². The average Bonchev–Trinajstić information content (AvgIpc) is 2.39. The van der Waals surface area contributed by atoms with Crippen LogP contribution in [0.1, 0.15) is 26.0 Å². The monoisotopic (exact) mass is 257 g/mol. The first-order valence-corrected chi connectivity index (χ1v) is 6.60. The molecule has 0 atom stereocenters. The van der Waals surface area contributed by atoms with Crippen LogP contribution >= 0.6 is 0 Å². The number of nitrogens with two attached hydrogens (primary N) is 1. The highest BCUT2D eigenvalue weighted by atomic mass is 16.5. The summed E-state index contributed by atoms with van der Waals surface area (Å²) in [6, 6.07) is 9.59. The van der Waals surface area contributed by atoms with Crippen LogP contribution in [0.15, 0.2) is 30.3 Å². The van der Waals surface area contributed by atoms with E-state index in [1.807, 2.05) is 37.3 Å². The summed E-state index contributed by atoms with van der Waals surface area (Å²) in [6.07, 6.45) is 1.93. The van der Waals surface area contributed by atoms with E-state index in [-0.39, 0.29) is 0 Å². The van der Waals surface area contributed by atoms with Gasteiger partial charge in [0.25, 0.3) is 0 Å². The number of nitrogens with zero attached hydrogens (tertiary/aromatic N) is 2. The van der Waals surface area contributed by atoms with Gasteiger partial charge in [-0.15, -0.1) is 0 Å². The summed E-state index contributed by atoms with van der Waals surface area (Å²) in [5.74, 6) is 1.92. The molecule has 0 spiro atoms. The zero-order valence-corrected chi connectivity index (χ0v) is 11.4.